The Bertz CT molecular complexity index is 1020. The van der Waals surface area contributed by atoms with Crippen LogP contribution < -0.4 is 5.32 Å². The highest BCUT2D eigenvalue weighted by atomic mass is 16.5. The van der Waals surface area contributed by atoms with Crippen molar-refractivity contribution in [1.29, 1.82) is 0 Å². The number of hydrogen-bond acceptors (Lipinski definition) is 5. The second-order valence-electron chi connectivity index (χ2n) is 21.4. The number of aliphatic hydroxyl groups excluding tert-OH is 2. The van der Waals surface area contributed by atoms with E-state index in [0.717, 1.165) is 38.5 Å². The third-order valence-electron chi connectivity index (χ3n) is 14.6. The van der Waals surface area contributed by atoms with Crippen LogP contribution in [0.3, 0.4) is 0 Å². The zero-order valence-electron chi connectivity index (χ0n) is 46.1. The molecule has 0 rings (SSSR count). The van der Waals surface area contributed by atoms with Gasteiger partial charge in [-0.3, -0.25) is 9.59 Å². The number of rotatable bonds is 58. The van der Waals surface area contributed by atoms with Gasteiger partial charge >= 0.3 is 5.97 Å². The Hall–Kier alpha value is -1.40. The normalized spacial score (nSPS) is 12.6. The third-order valence-corrected chi connectivity index (χ3v) is 14.6. The highest BCUT2D eigenvalue weighted by Gasteiger charge is 2.20. The van der Waals surface area contributed by atoms with E-state index in [2.05, 4.69) is 31.3 Å². The van der Waals surface area contributed by atoms with Gasteiger partial charge in [0, 0.05) is 12.8 Å². The molecule has 68 heavy (non-hydrogen) atoms. The Morgan fingerprint density at radius 1 is 0.397 bits per heavy atom. The van der Waals surface area contributed by atoms with Gasteiger partial charge in [-0.2, -0.15) is 0 Å². The molecule has 0 bridgehead atoms. The molecule has 0 heterocycles. The number of esters is 1. The van der Waals surface area contributed by atoms with Gasteiger partial charge in [-0.1, -0.05) is 296 Å². The molecule has 6 heteroatoms. The summed E-state index contributed by atoms with van der Waals surface area (Å²) in [6, 6.07) is -0.543. The standard InChI is InChI=1S/C62H121NO5/c1-3-5-7-9-11-13-15-17-31-34-38-42-46-50-54-60(65)59(58-64)63-61(66)55-51-47-43-39-35-32-28-26-24-22-20-18-19-21-23-25-27-29-33-37-41-45-49-53-57-68-62(67)56-52-48-44-40-36-30-16-14-12-10-8-6-4-2/h20,22,59-60,64-65H,3-19,21,23-58H2,1-2H3,(H,63,66)/b22-20-. The van der Waals surface area contributed by atoms with Gasteiger partial charge < -0.3 is 20.3 Å². The smallest absolute Gasteiger partial charge is 0.305 e. The lowest BCUT2D eigenvalue weighted by Crippen LogP contribution is -2.45. The Morgan fingerprint density at radius 3 is 1.04 bits per heavy atom. The quantitative estimate of drug-likeness (QED) is 0.0321. The minimum Gasteiger partial charge on any atom is -0.466 e. The van der Waals surface area contributed by atoms with E-state index in [4.69, 9.17) is 4.74 Å². The molecule has 0 saturated heterocycles. The van der Waals surface area contributed by atoms with Gasteiger partial charge in [-0.25, -0.2) is 0 Å². The van der Waals surface area contributed by atoms with Crippen LogP contribution in [-0.4, -0.2) is 47.4 Å². The lowest BCUT2D eigenvalue weighted by Gasteiger charge is -2.22. The van der Waals surface area contributed by atoms with Crippen LogP contribution in [-0.2, 0) is 14.3 Å². The van der Waals surface area contributed by atoms with Crippen molar-refractivity contribution in [3.8, 4) is 0 Å². The number of aliphatic hydroxyl groups is 2. The number of ether oxygens (including phenoxy) is 1. The fourth-order valence-corrected chi connectivity index (χ4v) is 9.81. The summed E-state index contributed by atoms with van der Waals surface area (Å²) in [4.78, 5) is 24.5. The van der Waals surface area contributed by atoms with E-state index < -0.39 is 12.1 Å². The van der Waals surface area contributed by atoms with E-state index >= 15 is 0 Å². The van der Waals surface area contributed by atoms with Crippen molar-refractivity contribution in [2.75, 3.05) is 13.2 Å². The molecular weight excluding hydrogens is 839 g/mol. The number of amides is 1. The number of hydrogen-bond donors (Lipinski definition) is 3. The van der Waals surface area contributed by atoms with Crippen molar-refractivity contribution in [3.05, 3.63) is 12.2 Å². The summed E-state index contributed by atoms with van der Waals surface area (Å²) in [5.74, 6) is -0.0229. The minimum absolute atomic E-state index is 0.0146. The maximum Gasteiger partial charge on any atom is 0.305 e. The summed E-state index contributed by atoms with van der Waals surface area (Å²) in [6.07, 6.45) is 69.3. The van der Waals surface area contributed by atoms with Gasteiger partial charge in [0.1, 0.15) is 0 Å². The van der Waals surface area contributed by atoms with Crippen LogP contribution in [0.1, 0.15) is 348 Å². The maximum absolute atomic E-state index is 12.5. The Labute approximate surface area is 425 Å². The molecule has 6 nitrogen and oxygen atoms in total. The molecule has 0 aromatic heterocycles. The Balaban J connectivity index is 3.39. The van der Waals surface area contributed by atoms with Gasteiger partial charge in [0.05, 0.1) is 25.4 Å². The van der Waals surface area contributed by atoms with Gasteiger partial charge in [-0.15, -0.1) is 0 Å². The van der Waals surface area contributed by atoms with E-state index in [1.165, 1.54) is 276 Å². The number of allylic oxidation sites excluding steroid dienone is 2. The van der Waals surface area contributed by atoms with Crippen LogP contribution in [0.15, 0.2) is 12.2 Å². The summed E-state index contributed by atoms with van der Waals surface area (Å²) in [7, 11) is 0. The van der Waals surface area contributed by atoms with Crippen molar-refractivity contribution in [3.63, 3.8) is 0 Å². The second-order valence-corrected chi connectivity index (χ2v) is 21.4. The molecule has 0 aromatic carbocycles. The topological polar surface area (TPSA) is 95.9 Å². The van der Waals surface area contributed by atoms with Crippen LogP contribution in [0.2, 0.25) is 0 Å². The molecule has 0 aromatic rings. The SMILES string of the molecule is CCCCCCCCCCCCCCCCC(O)C(CO)NC(=O)CCCCCCCCCC/C=C\CCCCCCCCCCCCCCOC(=O)CCCCCCCCCCCCCCC. The maximum atomic E-state index is 12.5. The molecule has 0 radical (unpaired) electrons. The lowest BCUT2D eigenvalue weighted by molar-refractivity contribution is -0.143. The van der Waals surface area contributed by atoms with Crippen LogP contribution in [0.4, 0.5) is 0 Å². The Morgan fingerprint density at radius 2 is 0.691 bits per heavy atom. The predicted molar refractivity (Wildman–Crippen MR) is 297 cm³/mol. The van der Waals surface area contributed by atoms with E-state index in [1.807, 2.05) is 0 Å². The first-order valence-electron chi connectivity index (χ1n) is 30.9. The summed E-state index contributed by atoms with van der Waals surface area (Å²) >= 11 is 0. The number of carbonyl (C=O) groups excluding carboxylic acids is 2. The van der Waals surface area contributed by atoms with Gasteiger partial charge in [0.15, 0.2) is 0 Å². The minimum atomic E-state index is -0.666. The zero-order chi connectivity index (χ0) is 49.3. The Kier molecular flexibility index (Phi) is 57.0. The summed E-state index contributed by atoms with van der Waals surface area (Å²) in [5, 5.41) is 23.3. The average Bonchev–Trinajstić information content (AvgIpc) is 3.34. The van der Waals surface area contributed by atoms with Gasteiger partial charge in [0.2, 0.25) is 5.91 Å². The number of unbranched alkanes of at least 4 members (excludes halogenated alkanes) is 45. The molecule has 2 unspecified atom stereocenters. The number of nitrogens with one attached hydrogen (secondary N) is 1. The van der Waals surface area contributed by atoms with Crippen LogP contribution in [0.25, 0.3) is 0 Å². The first-order valence-corrected chi connectivity index (χ1v) is 30.9. The van der Waals surface area contributed by atoms with Crippen molar-refractivity contribution >= 4 is 11.9 Å². The summed E-state index contributed by atoms with van der Waals surface area (Å²) in [5.41, 5.74) is 0. The molecule has 1 amide bonds. The number of carbonyl (C=O) groups is 2. The predicted octanol–water partition coefficient (Wildman–Crippen LogP) is 19.2. The molecule has 0 aliphatic carbocycles. The molecule has 0 aliphatic rings. The zero-order valence-corrected chi connectivity index (χ0v) is 46.1. The average molecular weight is 961 g/mol. The van der Waals surface area contributed by atoms with Gasteiger partial charge in [-0.05, 0) is 51.4 Å². The van der Waals surface area contributed by atoms with Crippen molar-refractivity contribution in [2.45, 2.75) is 360 Å². The highest BCUT2D eigenvalue weighted by Crippen LogP contribution is 2.18. The molecule has 3 N–H and O–H groups in total. The molecule has 404 valence electrons. The van der Waals surface area contributed by atoms with Gasteiger partial charge in [0.25, 0.3) is 0 Å². The second kappa shape index (κ2) is 58.2. The first-order chi connectivity index (χ1) is 33.5. The van der Waals surface area contributed by atoms with Crippen LogP contribution in [0.5, 0.6) is 0 Å². The van der Waals surface area contributed by atoms with E-state index in [0.29, 0.717) is 25.9 Å². The molecule has 0 fully saturated rings. The van der Waals surface area contributed by atoms with Crippen LogP contribution in [0, 0.1) is 0 Å². The molecule has 0 spiro atoms. The van der Waals surface area contributed by atoms with E-state index in [-0.39, 0.29) is 18.5 Å². The molecule has 0 aliphatic heterocycles. The molecular formula is C62H121NO5. The fourth-order valence-electron chi connectivity index (χ4n) is 9.81. The third kappa shape index (κ3) is 53.9. The lowest BCUT2D eigenvalue weighted by atomic mass is 10.0. The largest absolute Gasteiger partial charge is 0.466 e. The summed E-state index contributed by atoms with van der Waals surface area (Å²) < 4.78 is 5.48. The van der Waals surface area contributed by atoms with E-state index in [1.54, 1.807) is 0 Å². The van der Waals surface area contributed by atoms with Crippen molar-refractivity contribution in [2.24, 2.45) is 0 Å². The summed E-state index contributed by atoms with van der Waals surface area (Å²) in [6.45, 7) is 4.97. The van der Waals surface area contributed by atoms with Crippen LogP contribution >= 0.6 is 0 Å². The fraction of sp³-hybridized carbons (Fsp3) is 0.935. The monoisotopic (exact) mass is 960 g/mol. The van der Waals surface area contributed by atoms with E-state index in [9.17, 15) is 19.8 Å². The highest BCUT2D eigenvalue weighted by molar-refractivity contribution is 5.76. The molecule has 0 saturated carbocycles. The van der Waals surface area contributed by atoms with Crippen molar-refractivity contribution in [1.82, 2.24) is 5.32 Å². The van der Waals surface area contributed by atoms with Crippen molar-refractivity contribution < 1.29 is 24.5 Å². The first kappa shape index (κ1) is 66.6. The molecule has 2 atom stereocenters.